The fourth-order valence-electron chi connectivity index (χ4n) is 4.64. The molecule has 4 aromatic rings. The molecular weight excluding hydrogens is 499 g/mol. The fourth-order valence-corrected chi connectivity index (χ4v) is 5.34. The van der Waals surface area contributed by atoms with Gasteiger partial charge < -0.3 is 14.4 Å². The average molecular weight is 527 g/mol. The standard InChI is InChI=1S/C26H28Cl2N6O2/c1-15(2)33-8-9-34(26-23(27)21(35-4)10-22(36-5)24(26)28)20-7-6-18-25(17(20)14-33)31-19(12-29-18)16-11-30-32(3)13-16/h6-7,10-13,15H,8-9,14H2,1-5H3. The lowest BCUT2D eigenvalue weighted by Crippen LogP contribution is -2.34. The molecule has 0 bridgehead atoms. The lowest BCUT2D eigenvalue weighted by Gasteiger charge is -2.29. The SMILES string of the molecule is COc1cc(OC)c(Cl)c(N2CCN(C(C)C)Cc3c2ccc2ncc(-c4cnn(C)c4)nc32)c1Cl. The Balaban J connectivity index is 1.76. The molecule has 1 aliphatic rings. The number of halogens is 2. The molecule has 3 heterocycles. The number of aromatic nitrogens is 4. The van der Waals surface area contributed by atoms with E-state index < -0.39 is 0 Å². The number of aryl methyl sites for hydroxylation is 1. The molecular formula is C26H28Cl2N6O2. The molecule has 188 valence electrons. The van der Waals surface area contributed by atoms with Crippen LogP contribution in [0.2, 0.25) is 10.0 Å². The predicted molar refractivity (Wildman–Crippen MR) is 144 cm³/mol. The van der Waals surface area contributed by atoms with Crippen molar-refractivity contribution in [1.82, 2.24) is 24.6 Å². The molecule has 36 heavy (non-hydrogen) atoms. The second-order valence-corrected chi connectivity index (χ2v) is 9.82. The van der Waals surface area contributed by atoms with Crippen molar-refractivity contribution in [2.75, 3.05) is 32.2 Å². The van der Waals surface area contributed by atoms with Crippen LogP contribution >= 0.6 is 23.2 Å². The normalized spacial score (nSPS) is 14.3. The summed E-state index contributed by atoms with van der Waals surface area (Å²) in [6.07, 6.45) is 5.53. The molecule has 0 unspecified atom stereocenters. The van der Waals surface area contributed by atoms with Gasteiger partial charge in [0, 0.05) is 61.8 Å². The highest BCUT2D eigenvalue weighted by molar-refractivity contribution is 6.41. The Hall–Kier alpha value is -3.07. The monoisotopic (exact) mass is 526 g/mol. The third-order valence-electron chi connectivity index (χ3n) is 6.61. The number of anilines is 2. The van der Waals surface area contributed by atoms with E-state index in [4.69, 9.17) is 42.6 Å². The van der Waals surface area contributed by atoms with Crippen LogP contribution < -0.4 is 14.4 Å². The van der Waals surface area contributed by atoms with Crippen LogP contribution in [-0.4, -0.2) is 58.0 Å². The lowest BCUT2D eigenvalue weighted by molar-refractivity contribution is 0.224. The van der Waals surface area contributed by atoms with Gasteiger partial charge in [-0.1, -0.05) is 23.2 Å². The first kappa shape index (κ1) is 24.6. The minimum Gasteiger partial charge on any atom is -0.495 e. The van der Waals surface area contributed by atoms with Crippen molar-refractivity contribution in [1.29, 1.82) is 0 Å². The van der Waals surface area contributed by atoms with Crippen LogP contribution in [0.25, 0.3) is 22.3 Å². The predicted octanol–water partition coefficient (Wildman–Crippen LogP) is 5.72. The van der Waals surface area contributed by atoms with Crippen LogP contribution in [0.3, 0.4) is 0 Å². The van der Waals surface area contributed by atoms with Crippen LogP contribution in [0.5, 0.6) is 11.5 Å². The van der Waals surface area contributed by atoms with E-state index in [1.54, 1.807) is 37.4 Å². The highest BCUT2D eigenvalue weighted by Crippen LogP contribution is 2.49. The van der Waals surface area contributed by atoms with E-state index in [9.17, 15) is 0 Å². The maximum atomic E-state index is 6.86. The Morgan fingerprint density at radius 3 is 2.33 bits per heavy atom. The molecule has 0 radical (unpaired) electrons. The van der Waals surface area contributed by atoms with E-state index in [2.05, 4.69) is 34.8 Å². The summed E-state index contributed by atoms with van der Waals surface area (Å²) in [5, 5.41) is 5.16. The van der Waals surface area contributed by atoms with E-state index in [0.717, 1.165) is 40.1 Å². The summed E-state index contributed by atoms with van der Waals surface area (Å²) in [4.78, 5) is 14.4. The van der Waals surface area contributed by atoms with Gasteiger partial charge in [-0.3, -0.25) is 14.6 Å². The summed E-state index contributed by atoms with van der Waals surface area (Å²) < 4.78 is 12.9. The molecule has 0 saturated heterocycles. The third kappa shape index (κ3) is 4.23. The minimum atomic E-state index is 0.327. The highest BCUT2D eigenvalue weighted by atomic mass is 35.5. The Kier molecular flexibility index (Phi) is 6.68. The minimum absolute atomic E-state index is 0.327. The van der Waals surface area contributed by atoms with Gasteiger partial charge in [0.05, 0.1) is 49.0 Å². The average Bonchev–Trinajstić information content (AvgIpc) is 3.21. The summed E-state index contributed by atoms with van der Waals surface area (Å²) in [7, 11) is 5.05. The van der Waals surface area contributed by atoms with Crippen LogP contribution in [0.4, 0.5) is 11.4 Å². The van der Waals surface area contributed by atoms with Gasteiger partial charge >= 0.3 is 0 Å². The Labute approximate surface area is 220 Å². The summed E-state index contributed by atoms with van der Waals surface area (Å²) in [5.74, 6) is 0.998. The zero-order valence-electron chi connectivity index (χ0n) is 20.9. The molecule has 2 aromatic heterocycles. The lowest BCUT2D eigenvalue weighted by atomic mass is 10.1. The van der Waals surface area contributed by atoms with E-state index in [0.29, 0.717) is 46.4 Å². The van der Waals surface area contributed by atoms with Gasteiger partial charge in [-0.25, -0.2) is 4.98 Å². The van der Waals surface area contributed by atoms with Crippen molar-refractivity contribution in [3.63, 3.8) is 0 Å². The van der Waals surface area contributed by atoms with Crippen LogP contribution in [0.15, 0.2) is 36.8 Å². The van der Waals surface area contributed by atoms with Crippen molar-refractivity contribution in [3.05, 3.63) is 52.4 Å². The number of nitrogens with zero attached hydrogens (tertiary/aromatic N) is 6. The van der Waals surface area contributed by atoms with Gasteiger partial charge in [0.15, 0.2) is 0 Å². The van der Waals surface area contributed by atoms with E-state index in [-0.39, 0.29) is 0 Å². The van der Waals surface area contributed by atoms with Gasteiger partial charge in [-0.2, -0.15) is 5.10 Å². The van der Waals surface area contributed by atoms with Crippen LogP contribution in [-0.2, 0) is 13.6 Å². The first-order valence-electron chi connectivity index (χ1n) is 11.7. The molecule has 2 aromatic carbocycles. The van der Waals surface area contributed by atoms with Gasteiger partial charge in [0.1, 0.15) is 21.5 Å². The van der Waals surface area contributed by atoms with E-state index >= 15 is 0 Å². The van der Waals surface area contributed by atoms with Crippen molar-refractivity contribution >= 4 is 45.6 Å². The molecule has 10 heteroatoms. The quantitative estimate of drug-likeness (QED) is 0.329. The summed E-state index contributed by atoms with van der Waals surface area (Å²) in [6.45, 7) is 6.57. The Morgan fingerprint density at radius 1 is 1.00 bits per heavy atom. The van der Waals surface area contributed by atoms with E-state index in [1.807, 2.05) is 19.3 Å². The number of benzene rings is 2. The second-order valence-electron chi connectivity index (χ2n) is 9.06. The molecule has 1 aliphatic heterocycles. The number of methoxy groups -OCH3 is 2. The third-order valence-corrected chi connectivity index (χ3v) is 7.34. The van der Waals surface area contributed by atoms with Gasteiger partial charge in [-0.15, -0.1) is 0 Å². The maximum Gasteiger partial charge on any atom is 0.143 e. The summed E-state index contributed by atoms with van der Waals surface area (Å²) >= 11 is 13.7. The topological polar surface area (TPSA) is 68.5 Å². The Morgan fingerprint density at radius 2 is 1.72 bits per heavy atom. The number of rotatable bonds is 5. The fraction of sp³-hybridized carbons (Fsp3) is 0.346. The molecule has 0 spiro atoms. The number of hydrogen-bond donors (Lipinski definition) is 0. The van der Waals surface area contributed by atoms with Crippen molar-refractivity contribution in [3.8, 4) is 22.8 Å². The molecule has 0 fully saturated rings. The molecule has 0 N–H and O–H groups in total. The van der Waals surface area contributed by atoms with Gasteiger partial charge in [0.25, 0.3) is 0 Å². The Bertz CT molecular complexity index is 1410. The van der Waals surface area contributed by atoms with E-state index in [1.165, 1.54) is 0 Å². The van der Waals surface area contributed by atoms with Crippen LogP contribution in [0.1, 0.15) is 19.4 Å². The molecule has 0 aliphatic carbocycles. The second kappa shape index (κ2) is 9.76. The van der Waals surface area contributed by atoms with Gasteiger partial charge in [0.2, 0.25) is 0 Å². The first-order chi connectivity index (χ1) is 17.3. The summed E-state index contributed by atoms with van der Waals surface area (Å²) in [6, 6.07) is 6.09. The molecule has 0 atom stereocenters. The largest absolute Gasteiger partial charge is 0.495 e. The highest BCUT2D eigenvalue weighted by Gasteiger charge is 2.30. The van der Waals surface area contributed by atoms with Crippen LogP contribution in [0, 0.1) is 0 Å². The molecule has 5 rings (SSSR count). The molecule has 8 nitrogen and oxygen atoms in total. The summed E-state index contributed by atoms with van der Waals surface area (Å²) in [5.41, 5.74) is 6.04. The smallest absolute Gasteiger partial charge is 0.143 e. The zero-order chi connectivity index (χ0) is 25.6. The van der Waals surface area contributed by atoms with Gasteiger partial charge in [-0.05, 0) is 26.0 Å². The number of hydrogen-bond acceptors (Lipinski definition) is 7. The van der Waals surface area contributed by atoms with Crippen molar-refractivity contribution < 1.29 is 9.47 Å². The van der Waals surface area contributed by atoms with Crippen molar-refractivity contribution in [2.45, 2.75) is 26.4 Å². The maximum absolute atomic E-state index is 6.86. The first-order valence-corrected chi connectivity index (χ1v) is 12.5. The zero-order valence-corrected chi connectivity index (χ0v) is 22.4. The van der Waals surface area contributed by atoms with Crippen molar-refractivity contribution in [2.24, 2.45) is 7.05 Å². The molecule has 0 amide bonds. The number of ether oxygens (including phenoxy) is 2. The number of fused-ring (bicyclic) bond motifs is 3. The molecule has 0 saturated carbocycles.